The minimum absolute atomic E-state index is 0.0504. The van der Waals surface area contributed by atoms with Crippen molar-refractivity contribution in [3.05, 3.63) is 56.5 Å². The van der Waals surface area contributed by atoms with Crippen molar-refractivity contribution in [2.75, 3.05) is 0 Å². The lowest BCUT2D eigenvalue weighted by atomic mass is 10.2. The van der Waals surface area contributed by atoms with Crippen LogP contribution < -0.4 is 4.72 Å². The van der Waals surface area contributed by atoms with Gasteiger partial charge in [0.05, 0.1) is 5.02 Å². The molecule has 0 saturated heterocycles. The first-order chi connectivity index (χ1) is 9.79. The molecular weight excluding hydrogens is 406 g/mol. The molecule has 0 aliphatic rings. The second kappa shape index (κ2) is 6.58. The Kier molecular flexibility index (Phi) is 5.21. The molecular formula is C12H8BrCl2FN2O2S. The van der Waals surface area contributed by atoms with Gasteiger partial charge in [-0.3, -0.25) is 0 Å². The molecule has 0 saturated carbocycles. The zero-order chi connectivity index (χ0) is 15.6. The quantitative estimate of drug-likeness (QED) is 0.776. The van der Waals surface area contributed by atoms with Crippen LogP contribution in [0.4, 0.5) is 4.39 Å². The van der Waals surface area contributed by atoms with Crippen LogP contribution in [0.5, 0.6) is 0 Å². The summed E-state index contributed by atoms with van der Waals surface area (Å²) in [6, 6.07) is 5.29. The van der Waals surface area contributed by atoms with Gasteiger partial charge in [-0.05, 0) is 39.7 Å². The van der Waals surface area contributed by atoms with Gasteiger partial charge in [0.25, 0.3) is 0 Å². The molecule has 9 heteroatoms. The summed E-state index contributed by atoms with van der Waals surface area (Å²) in [6.45, 7) is -0.0504. The number of nitrogens with one attached hydrogen (secondary N) is 1. The molecule has 21 heavy (non-hydrogen) atoms. The first kappa shape index (κ1) is 16.6. The molecule has 0 fully saturated rings. The van der Waals surface area contributed by atoms with Gasteiger partial charge in [0.2, 0.25) is 10.0 Å². The van der Waals surface area contributed by atoms with Gasteiger partial charge in [0.15, 0.2) is 0 Å². The molecule has 2 rings (SSSR count). The third kappa shape index (κ3) is 4.14. The highest BCUT2D eigenvalue weighted by Crippen LogP contribution is 2.23. The maximum absolute atomic E-state index is 13.0. The van der Waals surface area contributed by atoms with Crippen LogP contribution in [-0.4, -0.2) is 13.4 Å². The predicted octanol–water partition coefficient (Wildman–Crippen LogP) is 3.77. The normalized spacial score (nSPS) is 11.6. The Bertz CT molecular complexity index is 787. The first-order valence-corrected chi connectivity index (χ1v) is 8.57. The van der Waals surface area contributed by atoms with E-state index >= 15 is 0 Å². The lowest BCUT2D eigenvalue weighted by Crippen LogP contribution is -2.23. The third-order valence-corrected chi connectivity index (χ3v) is 5.06. The van der Waals surface area contributed by atoms with Crippen molar-refractivity contribution >= 4 is 49.2 Å². The van der Waals surface area contributed by atoms with Crippen molar-refractivity contribution in [2.45, 2.75) is 11.4 Å². The Hall–Kier alpha value is -0.730. The highest BCUT2D eigenvalue weighted by Gasteiger charge is 2.19. The van der Waals surface area contributed by atoms with E-state index in [1.54, 1.807) is 0 Å². The van der Waals surface area contributed by atoms with E-state index in [0.29, 0.717) is 10.0 Å². The summed E-state index contributed by atoms with van der Waals surface area (Å²) in [5.74, 6) is -0.567. The van der Waals surface area contributed by atoms with Crippen LogP contribution in [0.3, 0.4) is 0 Å². The van der Waals surface area contributed by atoms with Gasteiger partial charge < -0.3 is 0 Å². The van der Waals surface area contributed by atoms with Crippen LogP contribution in [0.25, 0.3) is 0 Å². The Balaban J connectivity index is 2.21. The van der Waals surface area contributed by atoms with Gasteiger partial charge in [-0.2, -0.15) is 0 Å². The van der Waals surface area contributed by atoms with Crippen LogP contribution in [0.15, 0.2) is 39.8 Å². The average molecular weight is 414 g/mol. The molecule has 0 radical (unpaired) electrons. The van der Waals surface area contributed by atoms with Gasteiger partial charge in [-0.25, -0.2) is 22.5 Å². The summed E-state index contributed by atoms with van der Waals surface area (Å²) in [6.07, 6.45) is 1.39. The van der Waals surface area contributed by atoms with Gasteiger partial charge in [0.1, 0.15) is 15.9 Å². The summed E-state index contributed by atoms with van der Waals surface area (Å²) >= 11 is 14.6. The zero-order valence-corrected chi connectivity index (χ0v) is 14.2. The van der Waals surface area contributed by atoms with Gasteiger partial charge in [-0.15, -0.1) is 0 Å². The summed E-state index contributed by atoms with van der Waals surface area (Å²) in [5, 5.41) is -0.211. The van der Waals surface area contributed by atoms with E-state index in [4.69, 9.17) is 23.2 Å². The smallest absolute Gasteiger partial charge is 0.242 e. The fraction of sp³-hybridized carbons (Fsp3) is 0.0833. The number of benzene rings is 1. The van der Waals surface area contributed by atoms with E-state index in [1.807, 2.05) is 0 Å². The number of aromatic nitrogens is 1. The summed E-state index contributed by atoms with van der Waals surface area (Å²) < 4.78 is 40.2. The highest BCUT2D eigenvalue weighted by atomic mass is 79.9. The molecule has 2 aromatic rings. The lowest BCUT2D eigenvalue weighted by molar-refractivity contribution is 0.580. The topological polar surface area (TPSA) is 59.1 Å². The van der Waals surface area contributed by atoms with Crippen LogP contribution >= 0.6 is 39.1 Å². The maximum atomic E-state index is 13.0. The molecule has 0 unspecified atom stereocenters. The molecule has 1 aromatic carbocycles. The van der Waals surface area contributed by atoms with E-state index in [0.717, 1.165) is 0 Å². The standard InChI is InChI=1S/C12H8BrCl2FN2O2S/c13-8-4-11(12(15)17-6-8)21(19,20)18-5-7-1-2-10(16)9(14)3-7/h1-4,6,18H,5H2. The number of rotatable bonds is 4. The molecule has 1 heterocycles. The minimum Gasteiger partial charge on any atom is -0.242 e. The Morgan fingerprint density at radius 3 is 2.67 bits per heavy atom. The monoisotopic (exact) mass is 412 g/mol. The number of hydrogen-bond acceptors (Lipinski definition) is 3. The largest absolute Gasteiger partial charge is 0.243 e. The van der Waals surface area contributed by atoms with Crippen molar-refractivity contribution in [1.82, 2.24) is 9.71 Å². The van der Waals surface area contributed by atoms with Crippen molar-refractivity contribution < 1.29 is 12.8 Å². The Morgan fingerprint density at radius 1 is 1.29 bits per heavy atom. The van der Waals surface area contributed by atoms with Crippen LogP contribution in [0, 0.1) is 5.82 Å². The Labute approximate surface area is 139 Å². The molecule has 0 atom stereocenters. The van der Waals surface area contributed by atoms with E-state index in [9.17, 15) is 12.8 Å². The predicted molar refractivity (Wildman–Crippen MR) is 82.4 cm³/mol. The second-order valence-corrected chi connectivity index (χ2v) is 7.43. The van der Waals surface area contributed by atoms with Crippen LogP contribution in [-0.2, 0) is 16.6 Å². The molecule has 0 aliphatic carbocycles. The van der Waals surface area contributed by atoms with Crippen LogP contribution in [0.2, 0.25) is 10.2 Å². The van der Waals surface area contributed by atoms with Crippen LogP contribution in [0.1, 0.15) is 5.56 Å². The summed E-state index contributed by atoms with van der Waals surface area (Å²) in [7, 11) is -3.85. The number of hydrogen-bond donors (Lipinski definition) is 1. The van der Waals surface area contributed by atoms with Gasteiger partial charge in [0, 0.05) is 17.2 Å². The summed E-state index contributed by atoms with van der Waals surface area (Å²) in [5.41, 5.74) is 0.518. The molecule has 0 spiro atoms. The minimum atomic E-state index is -3.85. The van der Waals surface area contributed by atoms with Gasteiger partial charge in [-0.1, -0.05) is 29.3 Å². The fourth-order valence-corrected chi connectivity index (χ4v) is 3.66. The van der Waals surface area contributed by atoms with Crippen molar-refractivity contribution in [3.63, 3.8) is 0 Å². The van der Waals surface area contributed by atoms with Crippen molar-refractivity contribution in [2.24, 2.45) is 0 Å². The maximum Gasteiger partial charge on any atom is 0.243 e. The molecule has 0 bridgehead atoms. The molecule has 4 nitrogen and oxygen atoms in total. The highest BCUT2D eigenvalue weighted by molar-refractivity contribution is 9.10. The molecule has 1 N–H and O–H groups in total. The van der Waals surface area contributed by atoms with Gasteiger partial charge >= 0.3 is 0 Å². The van der Waals surface area contributed by atoms with E-state index in [1.165, 1.54) is 30.5 Å². The van der Waals surface area contributed by atoms with E-state index < -0.39 is 15.8 Å². The molecule has 112 valence electrons. The fourth-order valence-electron chi connectivity index (χ4n) is 1.50. The number of pyridine rings is 1. The number of nitrogens with zero attached hydrogens (tertiary/aromatic N) is 1. The zero-order valence-electron chi connectivity index (χ0n) is 10.3. The first-order valence-electron chi connectivity index (χ1n) is 5.54. The Morgan fingerprint density at radius 2 is 2.00 bits per heavy atom. The molecule has 0 amide bonds. The number of sulfonamides is 1. The third-order valence-electron chi connectivity index (χ3n) is 2.51. The molecule has 0 aliphatic heterocycles. The molecule has 1 aromatic heterocycles. The SMILES string of the molecule is O=S(=O)(NCc1ccc(F)c(Cl)c1)c1cc(Br)cnc1Cl. The summed E-state index contributed by atoms with van der Waals surface area (Å²) in [4.78, 5) is 3.61. The van der Waals surface area contributed by atoms with Crippen molar-refractivity contribution in [1.29, 1.82) is 0 Å². The van der Waals surface area contributed by atoms with E-state index in [2.05, 4.69) is 25.6 Å². The van der Waals surface area contributed by atoms with E-state index in [-0.39, 0.29) is 21.6 Å². The average Bonchev–Trinajstić information content (AvgIpc) is 2.43. The number of halogens is 4. The van der Waals surface area contributed by atoms with Crippen molar-refractivity contribution in [3.8, 4) is 0 Å². The lowest BCUT2D eigenvalue weighted by Gasteiger charge is -2.08. The second-order valence-electron chi connectivity index (χ2n) is 4.02.